The molecule has 1 saturated carbocycles. The van der Waals surface area contributed by atoms with Crippen LogP contribution in [0, 0.1) is 5.92 Å². The number of hydrogen-bond acceptors (Lipinski definition) is 4. The molecule has 25 heavy (non-hydrogen) atoms. The van der Waals surface area contributed by atoms with E-state index in [1.54, 1.807) is 7.11 Å². The van der Waals surface area contributed by atoms with Gasteiger partial charge in [-0.3, -0.25) is 4.79 Å². The minimum Gasteiger partial charge on any atom is -0.497 e. The van der Waals surface area contributed by atoms with Crippen molar-refractivity contribution < 1.29 is 14.3 Å². The number of ether oxygens (including phenoxy) is 2. The summed E-state index contributed by atoms with van der Waals surface area (Å²) in [6.07, 6.45) is 5.35. The van der Waals surface area contributed by atoms with Crippen LogP contribution in [0.4, 0.5) is 0 Å². The molecule has 1 aromatic rings. The van der Waals surface area contributed by atoms with Gasteiger partial charge in [-0.2, -0.15) is 0 Å². The maximum Gasteiger partial charge on any atom is 0.225 e. The fourth-order valence-corrected chi connectivity index (χ4v) is 3.07. The van der Waals surface area contributed by atoms with Crippen molar-refractivity contribution in [3.8, 4) is 11.5 Å². The van der Waals surface area contributed by atoms with Crippen LogP contribution in [0.5, 0.6) is 11.5 Å². The Morgan fingerprint density at radius 1 is 1.12 bits per heavy atom. The van der Waals surface area contributed by atoms with Gasteiger partial charge in [0.05, 0.1) is 20.1 Å². The number of nitrogens with zero attached hydrogens (tertiary/aromatic N) is 1. The summed E-state index contributed by atoms with van der Waals surface area (Å²) >= 11 is 0. The Labute approximate surface area is 156 Å². The molecular formula is C19H29ClN2O3. The Hall–Kier alpha value is -1.46. The molecule has 2 fully saturated rings. The highest BCUT2D eigenvalue weighted by Gasteiger charge is 2.25. The Balaban J connectivity index is 0.00000225. The molecule has 140 valence electrons. The Morgan fingerprint density at radius 2 is 1.76 bits per heavy atom. The Bertz CT molecular complexity index is 526. The second-order valence-corrected chi connectivity index (χ2v) is 6.78. The molecule has 0 aromatic heterocycles. The van der Waals surface area contributed by atoms with E-state index in [0.717, 1.165) is 49.9 Å². The van der Waals surface area contributed by atoms with E-state index in [9.17, 15) is 4.79 Å². The second-order valence-electron chi connectivity index (χ2n) is 6.78. The zero-order chi connectivity index (χ0) is 16.8. The monoisotopic (exact) mass is 368 g/mol. The van der Waals surface area contributed by atoms with Gasteiger partial charge in [-0.05, 0) is 62.4 Å². The first-order valence-electron chi connectivity index (χ1n) is 9.02. The lowest BCUT2D eigenvalue weighted by Gasteiger charge is -2.32. The normalized spacial score (nSPS) is 17.7. The lowest BCUT2D eigenvalue weighted by atomic mass is 10.0. The average Bonchev–Trinajstić information content (AvgIpc) is 3.45. The van der Waals surface area contributed by atoms with E-state index >= 15 is 0 Å². The van der Waals surface area contributed by atoms with E-state index in [2.05, 4.69) is 5.32 Å². The van der Waals surface area contributed by atoms with Gasteiger partial charge in [-0.15, -0.1) is 12.4 Å². The molecule has 1 N–H and O–H groups in total. The van der Waals surface area contributed by atoms with E-state index in [1.807, 2.05) is 29.2 Å². The highest BCUT2D eigenvalue weighted by molar-refractivity contribution is 5.85. The zero-order valence-electron chi connectivity index (χ0n) is 14.9. The van der Waals surface area contributed by atoms with Crippen molar-refractivity contribution >= 4 is 18.3 Å². The first-order valence-corrected chi connectivity index (χ1v) is 9.02. The van der Waals surface area contributed by atoms with Gasteiger partial charge in [-0.25, -0.2) is 0 Å². The van der Waals surface area contributed by atoms with Gasteiger partial charge < -0.3 is 19.7 Å². The van der Waals surface area contributed by atoms with Gasteiger partial charge in [0.15, 0.2) is 0 Å². The van der Waals surface area contributed by atoms with Crippen LogP contribution in [-0.2, 0) is 4.79 Å². The fraction of sp³-hybridized carbons (Fsp3) is 0.632. The van der Waals surface area contributed by atoms with Crippen LogP contribution in [0.3, 0.4) is 0 Å². The highest BCUT2D eigenvalue weighted by atomic mass is 35.5. The van der Waals surface area contributed by atoms with E-state index < -0.39 is 0 Å². The summed E-state index contributed by atoms with van der Waals surface area (Å²) in [5.74, 6) is 2.69. The van der Waals surface area contributed by atoms with Crippen molar-refractivity contribution in [2.45, 2.75) is 38.1 Å². The molecule has 0 radical (unpaired) electrons. The smallest absolute Gasteiger partial charge is 0.225 e. The Kier molecular flexibility index (Phi) is 7.85. The second kappa shape index (κ2) is 9.88. The number of nitrogens with one attached hydrogen (secondary N) is 1. The molecule has 0 unspecified atom stereocenters. The third kappa shape index (κ3) is 6.40. The van der Waals surface area contributed by atoms with Crippen molar-refractivity contribution in [2.75, 3.05) is 33.4 Å². The standard InChI is InChI=1S/C19H28N2O3.ClH/c1-23-17-4-6-18(7-5-17)24-13-10-19(22)21-11-8-16(9-12-21)20-14-15-2-3-15;/h4-7,15-16,20H,2-3,8-14H2,1H3;1H. The van der Waals surface area contributed by atoms with Crippen molar-refractivity contribution in [3.63, 3.8) is 0 Å². The number of carbonyl (C=O) groups excluding carboxylic acids is 1. The number of benzene rings is 1. The molecule has 0 spiro atoms. The predicted octanol–water partition coefficient (Wildman–Crippen LogP) is 2.88. The van der Waals surface area contributed by atoms with Crippen LogP contribution in [0.25, 0.3) is 0 Å². The van der Waals surface area contributed by atoms with Crippen LogP contribution in [-0.4, -0.2) is 50.2 Å². The fourth-order valence-electron chi connectivity index (χ4n) is 3.07. The number of methoxy groups -OCH3 is 1. The molecular weight excluding hydrogens is 340 g/mol. The van der Waals surface area contributed by atoms with Gasteiger partial charge in [0.25, 0.3) is 0 Å². The molecule has 6 heteroatoms. The summed E-state index contributed by atoms with van der Waals surface area (Å²) in [5, 5.41) is 3.64. The van der Waals surface area contributed by atoms with Gasteiger partial charge in [0, 0.05) is 19.1 Å². The van der Waals surface area contributed by atoms with Crippen LogP contribution in [0.1, 0.15) is 32.1 Å². The number of likely N-dealkylation sites (tertiary alicyclic amines) is 1. The summed E-state index contributed by atoms with van der Waals surface area (Å²) in [5.41, 5.74) is 0. The molecule has 1 aliphatic carbocycles. The lowest BCUT2D eigenvalue weighted by molar-refractivity contribution is -0.132. The van der Waals surface area contributed by atoms with Crippen molar-refractivity contribution in [3.05, 3.63) is 24.3 Å². The number of amides is 1. The third-order valence-corrected chi connectivity index (χ3v) is 4.88. The van der Waals surface area contributed by atoms with Gasteiger partial charge in [-0.1, -0.05) is 0 Å². The molecule has 3 rings (SSSR count). The largest absolute Gasteiger partial charge is 0.497 e. The van der Waals surface area contributed by atoms with Crippen LogP contribution in [0.15, 0.2) is 24.3 Å². The van der Waals surface area contributed by atoms with Crippen molar-refractivity contribution in [1.82, 2.24) is 10.2 Å². The molecule has 1 saturated heterocycles. The first-order chi connectivity index (χ1) is 11.7. The van der Waals surface area contributed by atoms with Crippen molar-refractivity contribution in [1.29, 1.82) is 0 Å². The lowest BCUT2D eigenvalue weighted by Crippen LogP contribution is -2.45. The molecule has 0 atom stereocenters. The number of carbonyl (C=O) groups is 1. The van der Waals surface area contributed by atoms with Gasteiger partial charge >= 0.3 is 0 Å². The molecule has 1 amide bonds. The highest BCUT2D eigenvalue weighted by Crippen LogP contribution is 2.28. The summed E-state index contributed by atoms with van der Waals surface area (Å²) in [6, 6.07) is 8.03. The van der Waals surface area contributed by atoms with E-state index in [0.29, 0.717) is 19.1 Å². The Morgan fingerprint density at radius 3 is 2.36 bits per heavy atom. The number of piperidine rings is 1. The van der Waals surface area contributed by atoms with E-state index in [-0.39, 0.29) is 18.3 Å². The molecule has 1 aromatic carbocycles. The van der Waals surface area contributed by atoms with Gasteiger partial charge in [0.2, 0.25) is 5.91 Å². The van der Waals surface area contributed by atoms with Crippen LogP contribution in [0.2, 0.25) is 0 Å². The number of rotatable bonds is 8. The molecule has 1 heterocycles. The maximum atomic E-state index is 12.3. The minimum absolute atomic E-state index is 0. The van der Waals surface area contributed by atoms with E-state index in [1.165, 1.54) is 12.8 Å². The SMILES string of the molecule is COc1ccc(OCCC(=O)N2CCC(NCC3CC3)CC2)cc1.Cl. The minimum atomic E-state index is 0. The zero-order valence-corrected chi connectivity index (χ0v) is 15.7. The van der Waals surface area contributed by atoms with Crippen LogP contribution < -0.4 is 14.8 Å². The summed E-state index contributed by atoms with van der Waals surface area (Å²) in [6.45, 7) is 3.31. The maximum absolute atomic E-state index is 12.3. The van der Waals surface area contributed by atoms with Crippen molar-refractivity contribution in [2.24, 2.45) is 5.92 Å². The number of halogens is 1. The molecule has 0 bridgehead atoms. The summed E-state index contributed by atoms with van der Waals surface area (Å²) < 4.78 is 10.8. The van der Waals surface area contributed by atoms with Crippen LogP contribution >= 0.6 is 12.4 Å². The quantitative estimate of drug-likeness (QED) is 0.766. The predicted molar refractivity (Wildman–Crippen MR) is 101 cm³/mol. The average molecular weight is 369 g/mol. The first kappa shape index (κ1) is 19.9. The molecule has 2 aliphatic rings. The van der Waals surface area contributed by atoms with E-state index in [4.69, 9.17) is 9.47 Å². The molecule has 1 aliphatic heterocycles. The third-order valence-electron chi connectivity index (χ3n) is 4.88. The van der Waals surface area contributed by atoms with Gasteiger partial charge in [0.1, 0.15) is 11.5 Å². The summed E-state index contributed by atoms with van der Waals surface area (Å²) in [7, 11) is 1.64. The molecule has 5 nitrogen and oxygen atoms in total. The topological polar surface area (TPSA) is 50.8 Å². The summed E-state index contributed by atoms with van der Waals surface area (Å²) in [4.78, 5) is 14.3. The number of hydrogen-bond donors (Lipinski definition) is 1.